The lowest BCUT2D eigenvalue weighted by Gasteiger charge is -2.65. The smallest absolute Gasteiger partial charge is 0.331 e. The van der Waals surface area contributed by atoms with Crippen LogP contribution in [0.15, 0.2) is 11.6 Å². The summed E-state index contributed by atoms with van der Waals surface area (Å²) in [6.07, 6.45) is -1.78. The van der Waals surface area contributed by atoms with E-state index in [0.29, 0.717) is 18.8 Å². The third kappa shape index (κ3) is 8.33. The van der Waals surface area contributed by atoms with Crippen molar-refractivity contribution in [2.45, 2.75) is 211 Å². The zero-order valence-corrected chi connectivity index (χ0v) is 36.6. The zero-order valence-electron chi connectivity index (χ0n) is 36.6. The molecule has 8 rings (SSSR count). The number of aliphatic hydroxyl groups excluding tert-OH is 3. The highest BCUT2D eigenvalue weighted by molar-refractivity contribution is 5.85. The SMILES string of the molecule is CC(=O)O[C@H]1[C@@H](OC(C)=O)C[C@H](O[C@H]2[C@@H](O)C[C@H](O[C@H]3[C@@H](O)C[C@H](O[C@H]4CC[C@@]5(C)[C@H](CC[C@@H]6[C@@H]5C[C@@H](O)[C@]5(C)[C@@H](C7=CC(=O)OC7)CC[C@]65O)C4)O[C@@H]3C)O[C@@H]2C)O[C@@H]1C. The van der Waals surface area contributed by atoms with Crippen molar-refractivity contribution in [1.29, 1.82) is 0 Å². The summed E-state index contributed by atoms with van der Waals surface area (Å²) in [6, 6.07) is 0. The van der Waals surface area contributed by atoms with Crippen LogP contribution in [0.25, 0.3) is 0 Å². The molecule has 0 bridgehead atoms. The fourth-order valence-electron chi connectivity index (χ4n) is 13.4. The predicted molar refractivity (Wildman–Crippen MR) is 212 cm³/mol. The lowest BCUT2D eigenvalue weighted by Crippen LogP contribution is -2.67. The molecule has 16 nitrogen and oxygen atoms in total. The molecule has 0 aromatic rings. The number of cyclic esters (lactones) is 1. The molecule has 0 amide bonds. The first-order valence-corrected chi connectivity index (χ1v) is 22.7. The van der Waals surface area contributed by atoms with E-state index in [-0.39, 0.29) is 61.1 Å². The molecule has 0 unspecified atom stereocenters. The van der Waals surface area contributed by atoms with Crippen molar-refractivity contribution < 1.29 is 77.4 Å². The molecule has 4 aliphatic heterocycles. The largest absolute Gasteiger partial charge is 0.458 e. The molecule has 4 heterocycles. The Balaban J connectivity index is 0.824. The van der Waals surface area contributed by atoms with Gasteiger partial charge in [0.15, 0.2) is 25.0 Å². The van der Waals surface area contributed by atoms with Gasteiger partial charge in [-0.15, -0.1) is 0 Å². The maximum Gasteiger partial charge on any atom is 0.331 e. The number of hydrogen-bond donors (Lipinski definition) is 4. The second kappa shape index (κ2) is 17.3. The standard InChI is InChI=1S/C45H68O16/c1-21-40(60-38-18-33(49)41(22(2)55-38)61-39-19-34(57-24(4)46)42(23(3)56-39)58-25(5)47)32(48)17-37(54-21)59-28-10-12-43(6)27(15-28)8-9-30-31(43)16-35(50)44(7)29(11-13-45(30,44)52)26-14-36(51)53-20-26/h14,21-23,27-35,37-42,48-50,52H,8-13,15-20H2,1-7H3/t21-,22-,23-,27-,28+,29-,30-,31+,32+,33+,34+,35-,37+,38+,39+,40-,41-,42-,43+,44+,45+/m1/s1. The van der Waals surface area contributed by atoms with Crippen LogP contribution >= 0.6 is 0 Å². The fraction of sp³-hybridized carbons (Fsp3) is 0.889. The molecule has 0 aromatic carbocycles. The van der Waals surface area contributed by atoms with E-state index in [1.54, 1.807) is 19.9 Å². The predicted octanol–water partition coefficient (Wildman–Crippen LogP) is 3.36. The molecular formula is C45H68O16. The molecule has 0 aromatic heterocycles. The Kier molecular flexibility index (Phi) is 12.8. The Labute approximate surface area is 358 Å². The van der Waals surface area contributed by atoms with Gasteiger partial charge in [-0.2, -0.15) is 0 Å². The minimum absolute atomic E-state index is 0.0585. The van der Waals surface area contributed by atoms with Crippen molar-refractivity contribution >= 4 is 17.9 Å². The first-order valence-electron chi connectivity index (χ1n) is 22.7. The summed E-state index contributed by atoms with van der Waals surface area (Å²) in [7, 11) is 0. The molecule has 344 valence electrons. The lowest BCUT2D eigenvalue weighted by atomic mass is 9.42. The number of aliphatic hydroxyl groups is 4. The molecule has 4 aliphatic carbocycles. The molecule has 8 aliphatic rings. The van der Waals surface area contributed by atoms with Crippen LogP contribution in [-0.2, 0) is 57.0 Å². The van der Waals surface area contributed by atoms with Crippen LogP contribution in [0.2, 0.25) is 0 Å². The summed E-state index contributed by atoms with van der Waals surface area (Å²) in [4.78, 5) is 35.5. The van der Waals surface area contributed by atoms with Gasteiger partial charge < -0.3 is 63.1 Å². The summed E-state index contributed by atoms with van der Waals surface area (Å²) in [6.45, 7) is 12.4. The topological polar surface area (TPSA) is 215 Å². The number of carbonyl (C=O) groups is 3. The van der Waals surface area contributed by atoms with Gasteiger partial charge in [0, 0.05) is 44.6 Å². The molecule has 3 saturated heterocycles. The van der Waals surface area contributed by atoms with E-state index < -0.39 is 103 Å². The van der Waals surface area contributed by atoms with Crippen LogP contribution < -0.4 is 0 Å². The molecule has 0 spiro atoms. The second-order valence-corrected chi connectivity index (χ2v) is 20.0. The van der Waals surface area contributed by atoms with Crippen LogP contribution in [0.4, 0.5) is 0 Å². The van der Waals surface area contributed by atoms with E-state index in [0.717, 1.165) is 44.1 Å². The number of esters is 3. The number of ether oxygens (including phenoxy) is 9. The molecule has 4 N–H and O–H groups in total. The quantitative estimate of drug-likeness (QED) is 0.149. The maximum absolute atomic E-state index is 12.6. The van der Waals surface area contributed by atoms with Gasteiger partial charge in [0.1, 0.15) is 24.9 Å². The molecular weight excluding hydrogens is 796 g/mol. The Morgan fingerprint density at radius 2 is 1.30 bits per heavy atom. The summed E-state index contributed by atoms with van der Waals surface area (Å²) in [5.74, 6) is -0.919. The third-order valence-corrected chi connectivity index (χ3v) is 16.5. The van der Waals surface area contributed by atoms with E-state index in [4.69, 9.17) is 42.6 Å². The number of hydrogen-bond acceptors (Lipinski definition) is 16. The molecule has 4 saturated carbocycles. The van der Waals surface area contributed by atoms with Gasteiger partial charge in [-0.3, -0.25) is 9.59 Å². The van der Waals surface area contributed by atoms with Gasteiger partial charge in [-0.1, -0.05) is 13.8 Å². The van der Waals surface area contributed by atoms with Crippen LogP contribution in [0.1, 0.15) is 119 Å². The second-order valence-electron chi connectivity index (χ2n) is 20.0. The minimum atomic E-state index is -1.03. The van der Waals surface area contributed by atoms with Crippen molar-refractivity contribution in [2.24, 2.45) is 34.5 Å². The van der Waals surface area contributed by atoms with Gasteiger partial charge in [0.25, 0.3) is 0 Å². The highest BCUT2D eigenvalue weighted by atomic mass is 16.7. The molecule has 61 heavy (non-hydrogen) atoms. The van der Waals surface area contributed by atoms with Crippen LogP contribution in [0.5, 0.6) is 0 Å². The van der Waals surface area contributed by atoms with Gasteiger partial charge >= 0.3 is 17.9 Å². The average molecular weight is 865 g/mol. The monoisotopic (exact) mass is 864 g/mol. The summed E-state index contributed by atoms with van der Waals surface area (Å²) >= 11 is 0. The zero-order chi connectivity index (χ0) is 43.8. The van der Waals surface area contributed by atoms with Gasteiger partial charge in [0.2, 0.25) is 0 Å². The maximum atomic E-state index is 12.6. The Morgan fingerprint density at radius 3 is 1.87 bits per heavy atom. The van der Waals surface area contributed by atoms with Gasteiger partial charge in [0.05, 0.1) is 48.3 Å². The molecule has 21 atom stereocenters. The minimum Gasteiger partial charge on any atom is -0.458 e. The Bertz CT molecular complexity index is 1650. The van der Waals surface area contributed by atoms with Crippen LogP contribution in [-0.4, -0.2) is 137 Å². The summed E-state index contributed by atoms with van der Waals surface area (Å²) in [5.41, 5.74) is -0.942. The van der Waals surface area contributed by atoms with Gasteiger partial charge in [-0.05, 0) is 107 Å². The normalized spacial score (nSPS) is 51.0. The highest BCUT2D eigenvalue weighted by Gasteiger charge is 2.71. The van der Waals surface area contributed by atoms with Gasteiger partial charge in [-0.25, -0.2) is 4.79 Å². The lowest BCUT2D eigenvalue weighted by molar-refractivity contribution is -0.336. The summed E-state index contributed by atoms with van der Waals surface area (Å²) in [5, 5.41) is 47.1. The molecule has 16 heteroatoms. The van der Waals surface area contributed by atoms with Crippen molar-refractivity contribution in [3.05, 3.63) is 11.6 Å². The molecule has 0 radical (unpaired) electrons. The molecule has 7 fully saturated rings. The van der Waals surface area contributed by atoms with E-state index in [9.17, 15) is 34.8 Å². The van der Waals surface area contributed by atoms with Crippen molar-refractivity contribution in [1.82, 2.24) is 0 Å². The van der Waals surface area contributed by atoms with E-state index >= 15 is 0 Å². The summed E-state index contributed by atoms with van der Waals surface area (Å²) < 4.78 is 53.5. The fourth-order valence-corrected chi connectivity index (χ4v) is 13.4. The van der Waals surface area contributed by atoms with Crippen LogP contribution in [0.3, 0.4) is 0 Å². The number of rotatable bonds is 9. The number of carbonyl (C=O) groups excluding carboxylic acids is 3. The third-order valence-electron chi connectivity index (χ3n) is 16.5. The van der Waals surface area contributed by atoms with Crippen molar-refractivity contribution in [2.75, 3.05) is 6.61 Å². The Hall–Kier alpha value is -2.25. The van der Waals surface area contributed by atoms with Crippen molar-refractivity contribution in [3.63, 3.8) is 0 Å². The first kappa shape index (κ1) is 45.3. The van der Waals surface area contributed by atoms with Crippen molar-refractivity contribution in [3.8, 4) is 0 Å². The van der Waals surface area contributed by atoms with E-state index in [1.807, 2.05) is 13.8 Å². The van der Waals surface area contributed by atoms with E-state index in [1.165, 1.54) is 13.8 Å². The first-order chi connectivity index (χ1) is 28.8. The Morgan fingerprint density at radius 1 is 0.705 bits per heavy atom. The number of fused-ring (bicyclic) bond motifs is 5. The van der Waals surface area contributed by atoms with Crippen LogP contribution in [0, 0.1) is 34.5 Å². The highest BCUT2D eigenvalue weighted by Crippen LogP contribution is 2.70. The van der Waals surface area contributed by atoms with E-state index in [2.05, 4.69) is 6.92 Å². The average Bonchev–Trinajstić information content (AvgIpc) is 3.73.